The molecule has 1 N–H and O–H groups in total. The van der Waals surface area contributed by atoms with Gasteiger partial charge in [-0.2, -0.15) is 5.11 Å². The predicted octanol–water partition coefficient (Wildman–Crippen LogP) is 2.41. The molecule has 1 aliphatic heterocycles. The molecule has 0 aromatic heterocycles. The maximum Gasteiger partial charge on any atom is 0.261 e. The third-order valence-electron chi connectivity index (χ3n) is 3.98. The van der Waals surface area contributed by atoms with Crippen molar-refractivity contribution in [2.45, 2.75) is 0 Å². The van der Waals surface area contributed by atoms with Crippen LogP contribution in [0.25, 0.3) is 10.8 Å². The fourth-order valence-electron chi connectivity index (χ4n) is 2.83. The van der Waals surface area contributed by atoms with E-state index in [4.69, 9.17) is 0 Å². The van der Waals surface area contributed by atoms with E-state index in [1.54, 1.807) is 19.2 Å². The van der Waals surface area contributed by atoms with E-state index in [9.17, 15) is 9.59 Å². The average molecular weight is 325 g/mol. The molecule has 124 valence electrons. The lowest BCUT2D eigenvalue weighted by Gasteiger charge is -2.28. The average Bonchev–Trinajstić information content (AvgIpc) is 2.57. The van der Waals surface area contributed by atoms with Crippen LogP contribution in [-0.2, 0) is 0 Å². The smallest absolute Gasteiger partial charge is 0.261 e. The standard InChI is InChI=1S/C17H19N5O2/c1-18-20-19-12-9-11-5-4-6-13-15(11)14(10-12)17(24)22(16(13)23)8-7-21(2)3/h4-6,9-10H,7-8H2,1-3H3,(H,18,19). The molecule has 0 atom stereocenters. The number of nitrogens with zero attached hydrogens (tertiary/aromatic N) is 4. The van der Waals surface area contributed by atoms with E-state index < -0.39 is 0 Å². The van der Waals surface area contributed by atoms with Gasteiger partial charge in [-0.1, -0.05) is 17.4 Å². The maximum absolute atomic E-state index is 12.9. The Hall–Kier alpha value is -2.80. The van der Waals surface area contributed by atoms with E-state index in [1.807, 2.05) is 37.2 Å². The van der Waals surface area contributed by atoms with Crippen LogP contribution in [0.4, 0.5) is 5.69 Å². The zero-order chi connectivity index (χ0) is 17.3. The van der Waals surface area contributed by atoms with Gasteiger partial charge in [-0.05, 0) is 37.7 Å². The quantitative estimate of drug-likeness (QED) is 0.520. The van der Waals surface area contributed by atoms with Crippen molar-refractivity contribution in [3.05, 3.63) is 41.5 Å². The lowest BCUT2D eigenvalue weighted by Crippen LogP contribution is -2.43. The molecule has 0 aliphatic carbocycles. The molecular formula is C17H19N5O2. The fraction of sp³-hybridized carbons (Fsp3) is 0.294. The van der Waals surface area contributed by atoms with E-state index in [1.165, 1.54) is 4.90 Å². The fourth-order valence-corrected chi connectivity index (χ4v) is 2.83. The van der Waals surface area contributed by atoms with Crippen LogP contribution in [0.5, 0.6) is 0 Å². The van der Waals surface area contributed by atoms with Crippen LogP contribution in [0.2, 0.25) is 0 Å². The Kier molecular flexibility index (Phi) is 4.26. The summed E-state index contributed by atoms with van der Waals surface area (Å²) in [5, 5.41) is 8.94. The first-order valence-corrected chi connectivity index (χ1v) is 7.65. The molecule has 2 amide bonds. The Balaban J connectivity index is 2.12. The van der Waals surface area contributed by atoms with Gasteiger partial charge in [0.25, 0.3) is 11.8 Å². The second kappa shape index (κ2) is 6.37. The molecule has 1 aliphatic rings. The Bertz CT molecular complexity index is 844. The zero-order valence-electron chi connectivity index (χ0n) is 13.9. The molecular weight excluding hydrogens is 306 g/mol. The molecule has 7 nitrogen and oxygen atoms in total. The molecule has 2 aromatic rings. The van der Waals surface area contributed by atoms with Crippen LogP contribution >= 0.6 is 0 Å². The van der Waals surface area contributed by atoms with Crippen molar-refractivity contribution >= 4 is 28.3 Å². The molecule has 0 saturated carbocycles. The monoisotopic (exact) mass is 325 g/mol. The number of hydrogen-bond donors (Lipinski definition) is 1. The highest BCUT2D eigenvalue weighted by molar-refractivity contribution is 6.25. The summed E-state index contributed by atoms with van der Waals surface area (Å²) in [6, 6.07) is 9.05. The SMILES string of the molecule is CN=NNc1cc2c3c(cccc3c1)C(=O)N(CCN(C)C)C2=O. The summed E-state index contributed by atoms with van der Waals surface area (Å²) in [5.74, 6) is -0.517. The van der Waals surface area contributed by atoms with Gasteiger partial charge < -0.3 is 4.90 Å². The molecule has 7 heteroatoms. The van der Waals surface area contributed by atoms with Gasteiger partial charge in [0.05, 0.1) is 18.3 Å². The van der Waals surface area contributed by atoms with Gasteiger partial charge in [0.15, 0.2) is 0 Å². The van der Waals surface area contributed by atoms with Crippen LogP contribution in [0.15, 0.2) is 40.7 Å². The Morgan fingerprint density at radius 3 is 2.58 bits per heavy atom. The summed E-state index contributed by atoms with van der Waals surface area (Å²) in [6.45, 7) is 0.970. The van der Waals surface area contributed by atoms with Gasteiger partial charge in [0, 0.05) is 24.0 Å². The summed E-state index contributed by atoms with van der Waals surface area (Å²) in [5.41, 5.74) is 4.53. The van der Waals surface area contributed by atoms with Gasteiger partial charge in [-0.25, -0.2) is 0 Å². The van der Waals surface area contributed by atoms with E-state index in [2.05, 4.69) is 15.8 Å². The van der Waals surface area contributed by atoms with E-state index in [0.29, 0.717) is 35.3 Å². The van der Waals surface area contributed by atoms with Crippen molar-refractivity contribution < 1.29 is 9.59 Å². The van der Waals surface area contributed by atoms with Crippen molar-refractivity contribution in [3.63, 3.8) is 0 Å². The van der Waals surface area contributed by atoms with Crippen molar-refractivity contribution in [2.24, 2.45) is 10.3 Å². The Morgan fingerprint density at radius 1 is 1.12 bits per heavy atom. The number of likely N-dealkylation sites (N-methyl/N-ethyl adjacent to an activating group) is 1. The van der Waals surface area contributed by atoms with Crippen LogP contribution < -0.4 is 5.43 Å². The lowest BCUT2D eigenvalue weighted by atomic mass is 9.93. The minimum Gasteiger partial charge on any atom is -0.308 e. The molecule has 0 radical (unpaired) electrons. The lowest BCUT2D eigenvalue weighted by molar-refractivity contribution is 0.0601. The molecule has 1 heterocycles. The number of benzene rings is 2. The second-order valence-corrected chi connectivity index (χ2v) is 5.90. The van der Waals surface area contributed by atoms with Crippen molar-refractivity contribution in [1.82, 2.24) is 9.80 Å². The Labute approximate surface area is 139 Å². The highest BCUT2D eigenvalue weighted by Gasteiger charge is 2.32. The first kappa shape index (κ1) is 16.1. The van der Waals surface area contributed by atoms with Crippen molar-refractivity contribution in [2.75, 3.05) is 39.7 Å². The number of anilines is 1. The minimum absolute atomic E-state index is 0.242. The second-order valence-electron chi connectivity index (χ2n) is 5.90. The van der Waals surface area contributed by atoms with Crippen molar-refractivity contribution in [3.8, 4) is 0 Å². The third-order valence-corrected chi connectivity index (χ3v) is 3.98. The first-order chi connectivity index (χ1) is 11.5. The van der Waals surface area contributed by atoms with E-state index in [-0.39, 0.29) is 11.8 Å². The van der Waals surface area contributed by atoms with E-state index in [0.717, 1.165) is 5.39 Å². The third kappa shape index (κ3) is 2.74. The summed E-state index contributed by atoms with van der Waals surface area (Å²) >= 11 is 0. The molecule has 2 aromatic carbocycles. The number of amides is 2. The Morgan fingerprint density at radius 2 is 1.88 bits per heavy atom. The number of nitrogens with one attached hydrogen (secondary N) is 1. The molecule has 0 bridgehead atoms. The largest absolute Gasteiger partial charge is 0.308 e. The summed E-state index contributed by atoms with van der Waals surface area (Å²) < 4.78 is 0. The molecule has 0 unspecified atom stereocenters. The number of imide groups is 1. The van der Waals surface area contributed by atoms with Crippen molar-refractivity contribution in [1.29, 1.82) is 0 Å². The topological polar surface area (TPSA) is 77.4 Å². The molecule has 3 rings (SSSR count). The predicted molar refractivity (Wildman–Crippen MR) is 92.3 cm³/mol. The van der Waals surface area contributed by atoms with Crippen LogP contribution in [-0.4, -0.2) is 55.8 Å². The summed E-state index contributed by atoms with van der Waals surface area (Å²) in [4.78, 5) is 28.8. The van der Waals surface area contributed by atoms with Gasteiger partial charge in [-0.3, -0.25) is 19.9 Å². The molecule has 24 heavy (non-hydrogen) atoms. The summed E-state index contributed by atoms with van der Waals surface area (Å²) in [6.07, 6.45) is 0. The van der Waals surface area contributed by atoms with Crippen LogP contribution in [0, 0.1) is 0 Å². The maximum atomic E-state index is 12.9. The van der Waals surface area contributed by atoms with Gasteiger partial charge in [0.1, 0.15) is 0 Å². The van der Waals surface area contributed by atoms with Crippen LogP contribution in [0.3, 0.4) is 0 Å². The minimum atomic E-state index is -0.275. The molecule has 0 fully saturated rings. The van der Waals surface area contributed by atoms with Crippen LogP contribution in [0.1, 0.15) is 20.7 Å². The van der Waals surface area contributed by atoms with Gasteiger partial charge in [-0.15, -0.1) is 0 Å². The van der Waals surface area contributed by atoms with E-state index >= 15 is 0 Å². The number of carbonyl (C=O) groups excluding carboxylic acids is 2. The number of rotatable bonds is 5. The molecule has 0 saturated heterocycles. The molecule has 0 spiro atoms. The number of carbonyl (C=O) groups is 2. The number of hydrogen-bond acceptors (Lipinski definition) is 5. The van der Waals surface area contributed by atoms with Gasteiger partial charge in [0.2, 0.25) is 0 Å². The first-order valence-electron chi connectivity index (χ1n) is 7.65. The highest BCUT2D eigenvalue weighted by Crippen LogP contribution is 2.32. The van der Waals surface area contributed by atoms with Gasteiger partial charge >= 0.3 is 0 Å². The normalized spacial score (nSPS) is 14.2. The summed E-state index contributed by atoms with van der Waals surface area (Å²) in [7, 11) is 5.37. The highest BCUT2D eigenvalue weighted by atomic mass is 16.2. The zero-order valence-corrected chi connectivity index (χ0v) is 13.9.